The number of anilines is 1. The van der Waals surface area contributed by atoms with Crippen LogP contribution in [-0.4, -0.2) is 28.8 Å². The SMILES string of the molecule is CC(C1CCOC1)n1ccnc1NC1CC1. The van der Waals surface area contributed by atoms with Crippen LogP contribution in [0.4, 0.5) is 5.95 Å². The number of imidazole rings is 1. The summed E-state index contributed by atoms with van der Waals surface area (Å²) in [5, 5.41) is 3.48. The number of rotatable bonds is 4. The smallest absolute Gasteiger partial charge is 0.203 e. The molecule has 0 bridgehead atoms. The summed E-state index contributed by atoms with van der Waals surface area (Å²) in [5.41, 5.74) is 0. The normalized spacial score (nSPS) is 26.9. The van der Waals surface area contributed by atoms with Gasteiger partial charge in [0.05, 0.1) is 6.61 Å². The summed E-state index contributed by atoms with van der Waals surface area (Å²) in [6, 6.07) is 1.14. The van der Waals surface area contributed by atoms with Crippen molar-refractivity contribution >= 4 is 5.95 Å². The number of ether oxygens (including phenoxy) is 1. The highest BCUT2D eigenvalue weighted by Gasteiger charge is 2.27. The highest BCUT2D eigenvalue weighted by Crippen LogP contribution is 2.30. The van der Waals surface area contributed by atoms with E-state index in [4.69, 9.17) is 4.74 Å². The molecule has 1 saturated carbocycles. The van der Waals surface area contributed by atoms with Gasteiger partial charge in [0.1, 0.15) is 0 Å². The number of hydrogen-bond donors (Lipinski definition) is 1. The molecule has 88 valence electrons. The summed E-state index contributed by atoms with van der Waals surface area (Å²) in [6.07, 6.45) is 7.70. The molecule has 2 atom stereocenters. The van der Waals surface area contributed by atoms with Crippen LogP contribution in [0.15, 0.2) is 12.4 Å². The van der Waals surface area contributed by atoms with E-state index >= 15 is 0 Å². The van der Waals surface area contributed by atoms with Gasteiger partial charge in [0, 0.05) is 37.0 Å². The number of nitrogens with zero attached hydrogens (tertiary/aromatic N) is 2. The van der Waals surface area contributed by atoms with E-state index in [1.807, 2.05) is 6.20 Å². The fourth-order valence-electron chi connectivity index (χ4n) is 2.32. The molecule has 4 heteroatoms. The molecule has 1 saturated heterocycles. The van der Waals surface area contributed by atoms with Gasteiger partial charge >= 0.3 is 0 Å². The van der Waals surface area contributed by atoms with Gasteiger partial charge in [0.2, 0.25) is 5.95 Å². The average molecular weight is 221 g/mol. The first-order valence-electron chi connectivity index (χ1n) is 6.21. The standard InChI is InChI=1S/C12H19N3O/c1-9(10-4-7-16-8-10)15-6-5-13-12(15)14-11-2-3-11/h5-6,9-11H,2-4,7-8H2,1H3,(H,13,14). The average Bonchev–Trinajstić information content (AvgIpc) is 2.82. The van der Waals surface area contributed by atoms with Crippen LogP contribution < -0.4 is 5.32 Å². The van der Waals surface area contributed by atoms with Crippen molar-refractivity contribution in [3.8, 4) is 0 Å². The number of nitrogens with one attached hydrogen (secondary N) is 1. The van der Waals surface area contributed by atoms with Crippen molar-refractivity contribution in [1.29, 1.82) is 0 Å². The highest BCUT2D eigenvalue weighted by molar-refractivity contribution is 5.30. The van der Waals surface area contributed by atoms with E-state index in [0.717, 1.165) is 19.2 Å². The minimum atomic E-state index is 0.478. The van der Waals surface area contributed by atoms with Gasteiger partial charge in [0.15, 0.2) is 0 Å². The Morgan fingerprint density at radius 2 is 2.38 bits per heavy atom. The molecule has 0 amide bonds. The highest BCUT2D eigenvalue weighted by atomic mass is 16.5. The molecular weight excluding hydrogens is 202 g/mol. The first-order chi connectivity index (χ1) is 7.84. The number of aromatic nitrogens is 2. The Bertz CT molecular complexity index is 353. The molecule has 2 fully saturated rings. The van der Waals surface area contributed by atoms with Gasteiger partial charge in [-0.05, 0) is 26.2 Å². The Morgan fingerprint density at radius 1 is 1.50 bits per heavy atom. The van der Waals surface area contributed by atoms with E-state index in [-0.39, 0.29) is 0 Å². The maximum Gasteiger partial charge on any atom is 0.203 e. The molecule has 0 aromatic carbocycles. The maximum absolute atomic E-state index is 5.46. The summed E-state index contributed by atoms with van der Waals surface area (Å²) in [7, 11) is 0. The third kappa shape index (κ3) is 1.94. The van der Waals surface area contributed by atoms with Gasteiger partial charge in [-0.25, -0.2) is 4.98 Å². The predicted molar refractivity (Wildman–Crippen MR) is 62.5 cm³/mol. The lowest BCUT2D eigenvalue weighted by Crippen LogP contribution is -2.19. The number of hydrogen-bond acceptors (Lipinski definition) is 3. The van der Waals surface area contributed by atoms with Crippen LogP contribution in [0.2, 0.25) is 0 Å². The van der Waals surface area contributed by atoms with Crippen LogP contribution in [0.5, 0.6) is 0 Å². The Kier molecular flexibility index (Phi) is 2.59. The van der Waals surface area contributed by atoms with Gasteiger partial charge in [-0.15, -0.1) is 0 Å². The molecule has 2 aliphatic rings. The lowest BCUT2D eigenvalue weighted by Gasteiger charge is -2.21. The Hall–Kier alpha value is -1.03. The third-order valence-corrected chi connectivity index (χ3v) is 3.67. The Balaban J connectivity index is 1.73. The monoisotopic (exact) mass is 221 g/mol. The molecule has 1 N–H and O–H groups in total. The third-order valence-electron chi connectivity index (χ3n) is 3.67. The van der Waals surface area contributed by atoms with E-state index in [0.29, 0.717) is 18.0 Å². The van der Waals surface area contributed by atoms with Gasteiger partial charge in [-0.2, -0.15) is 0 Å². The quantitative estimate of drug-likeness (QED) is 0.845. The van der Waals surface area contributed by atoms with Crippen LogP contribution in [0.25, 0.3) is 0 Å². The van der Waals surface area contributed by atoms with Crippen LogP contribution in [0.3, 0.4) is 0 Å². The van der Waals surface area contributed by atoms with Crippen molar-refractivity contribution in [2.75, 3.05) is 18.5 Å². The molecule has 2 heterocycles. The van der Waals surface area contributed by atoms with Crippen LogP contribution in [0, 0.1) is 5.92 Å². The van der Waals surface area contributed by atoms with Gasteiger partial charge in [-0.3, -0.25) is 0 Å². The topological polar surface area (TPSA) is 39.1 Å². The second-order valence-corrected chi connectivity index (χ2v) is 4.94. The summed E-state index contributed by atoms with van der Waals surface area (Å²) in [6.45, 7) is 4.07. The Labute approximate surface area is 96.0 Å². The van der Waals surface area contributed by atoms with Crippen LogP contribution >= 0.6 is 0 Å². The molecule has 1 aromatic rings. The van der Waals surface area contributed by atoms with Crippen molar-refractivity contribution in [3.63, 3.8) is 0 Å². The summed E-state index contributed by atoms with van der Waals surface area (Å²) in [4.78, 5) is 4.40. The van der Waals surface area contributed by atoms with E-state index in [2.05, 4.69) is 28.0 Å². The fraction of sp³-hybridized carbons (Fsp3) is 0.750. The molecule has 0 spiro atoms. The van der Waals surface area contributed by atoms with Gasteiger partial charge in [0.25, 0.3) is 0 Å². The fourth-order valence-corrected chi connectivity index (χ4v) is 2.32. The zero-order valence-corrected chi connectivity index (χ0v) is 9.72. The minimum absolute atomic E-state index is 0.478. The molecule has 0 radical (unpaired) electrons. The van der Waals surface area contributed by atoms with Crippen molar-refractivity contribution in [2.24, 2.45) is 5.92 Å². The van der Waals surface area contributed by atoms with E-state index in [1.165, 1.54) is 19.3 Å². The maximum atomic E-state index is 5.46. The summed E-state index contributed by atoms with van der Waals surface area (Å²) in [5.74, 6) is 1.66. The van der Waals surface area contributed by atoms with Gasteiger partial charge in [-0.1, -0.05) is 0 Å². The molecular formula is C12H19N3O. The molecule has 1 aromatic heterocycles. The lowest BCUT2D eigenvalue weighted by molar-refractivity contribution is 0.175. The minimum Gasteiger partial charge on any atom is -0.381 e. The summed E-state index contributed by atoms with van der Waals surface area (Å²) >= 11 is 0. The van der Waals surface area contributed by atoms with E-state index < -0.39 is 0 Å². The van der Waals surface area contributed by atoms with Gasteiger partial charge < -0.3 is 14.6 Å². The largest absolute Gasteiger partial charge is 0.381 e. The second-order valence-electron chi connectivity index (χ2n) is 4.94. The predicted octanol–water partition coefficient (Wildman–Crippen LogP) is 2.05. The molecule has 2 unspecified atom stereocenters. The van der Waals surface area contributed by atoms with Crippen LogP contribution in [-0.2, 0) is 4.74 Å². The Morgan fingerprint density at radius 3 is 3.06 bits per heavy atom. The van der Waals surface area contributed by atoms with Crippen molar-refractivity contribution in [1.82, 2.24) is 9.55 Å². The van der Waals surface area contributed by atoms with Crippen molar-refractivity contribution in [2.45, 2.75) is 38.3 Å². The van der Waals surface area contributed by atoms with Crippen molar-refractivity contribution in [3.05, 3.63) is 12.4 Å². The van der Waals surface area contributed by atoms with Crippen LogP contribution in [0.1, 0.15) is 32.2 Å². The first kappa shape index (κ1) is 10.1. The first-order valence-corrected chi connectivity index (χ1v) is 6.21. The molecule has 1 aliphatic carbocycles. The zero-order chi connectivity index (χ0) is 11.0. The molecule has 3 rings (SSSR count). The summed E-state index contributed by atoms with van der Waals surface area (Å²) < 4.78 is 7.72. The van der Waals surface area contributed by atoms with E-state index in [1.54, 1.807) is 0 Å². The van der Waals surface area contributed by atoms with Crippen molar-refractivity contribution < 1.29 is 4.74 Å². The molecule has 4 nitrogen and oxygen atoms in total. The second kappa shape index (κ2) is 4.09. The molecule has 1 aliphatic heterocycles. The zero-order valence-electron chi connectivity index (χ0n) is 9.72. The lowest BCUT2D eigenvalue weighted by atomic mass is 10.0. The van der Waals surface area contributed by atoms with E-state index in [9.17, 15) is 0 Å². The molecule has 16 heavy (non-hydrogen) atoms.